The second kappa shape index (κ2) is 9.91. The quantitative estimate of drug-likeness (QED) is 0.543. The molecule has 3 aromatic rings. The molecule has 9 heteroatoms. The van der Waals surface area contributed by atoms with Gasteiger partial charge in [0.05, 0.1) is 19.5 Å². The Morgan fingerprint density at radius 1 is 1.12 bits per heavy atom. The largest absolute Gasteiger partial charge is 0.488 e. The van der Waals surface area contributed by atoms with Crippen LogP contribution in [0.3, 0.4) is 0 Å². The van der Waals surface area contributed by atoms with Gasteiger partial charge in [-0.3, -0.25) is 0 Å². The monoisotopic (exact) mass is 488 g/mol. The molecule has 1 N–H and O–H groups in total. The number of hydrogen-bond donors (Lipinski definition) is 1. The van der Waals surface area contributed by atoms with Gasteiger partial charge in [0, 0.05) is 59.9 Å². The molecular formula is C24H26Cl2N4O3. The highest BCUT2D eigenvalue weighted by Gasteiger charge is 2.45. The minimum absolute atomic E-state index is 0.268. The summed E-state index contributed by atoms with van der Waals surface area (Å²) in [6.07, 6.45) is 4.84. The average Bonchev–Trinajstić information content (AvgIpc) is 3.49. The summed E-state index contributed by atoms with van der Waals surface area (Å²) in [6.45, 7) is 5.14. The molecule has 3 heterocycles. The molecule has 0 bridgehead atoms. The van der Waals surface area contributed by atoms with Crippen LogP contribution >= 0.6 is 23.2 Å². The summed E-state index contributed by atoms with van der Waals surface area (Å²) in [5.41, 5.74) is 1.25. The van der Waals surface area contributed by atoms with Crippen LogP contribution < -0.4 is 15.0 Å². The normalized spacial score (nSPS) is 23.1. The third kappa shape index (κ3) is 5.13. The van der Waals surface area contributed by atoms with Crippen LogP contribution in [0.25, 0.3) is 0 Å². The number of nitrogens with one attached hydrogen (secondary N) is 1. The standard InChI is InChI=1S/C24H26Cl2N4O3/c25-18-1-6-21(22(26)13-18)24(15-29-10-7-28-17-29)16-32-23(33-24)14-31-20-4-2-19(3-5-20)30-11-8-27-9-12-30/h1-7,10,13,17,23,27H,8-9,11-12,14-16H2/t23-,24+/m0/s1. The Labute approximate surface area is 203 Å². The summed E-state index contributed by atoms with van der Waals surface area (Å²) in [7, 11) is 0. The lowest BCUT2D eigenvalue weighted by molar-refractivity contribution is -0.115. The van der Waals surface area contributed by atoms with E-state index in [1.54, 1.807) is 18.6 Å². The van der Waals surface area contributed by atoms with E-state index in [0.717, 1.165) is 37.5 Å². The number of benzene rings is 2. The van der Waals surface area contributed by atoms with Crippen LogP contribution in [-0.4, -0.2) is 55.2 Å². The average molecular weight is 489 g/mol. The number of hydrogen-bond acceptors (Lipinski definition) is 6. The highest BCUT2D eigenvalue weighted by molar-refractivity contribution is 6.35. The van der Waals surface area contributed by atoms with E-state index in [9.17, 15) is 0 Å². The molecular weight excluding hydrogens is 463 g/mol. The van der Waals surface area contributed by atoms with Gasteiger partial charge >= 0.3 is 0 Å². The van der Waals surface area contributed by atoms with Crippen molar-refractivity contribution in [3.8, 4) is 5.75 Å². The molecule has 2 atom stereocenters. The van der Waals surface area contributed by atoms with Crippen molar-refractivity contribution in [3.05, 3.63) is 76.8 Å². The Hall–Kier alpha value is -2.29. The van der Waals surface area contributed by atoms with Crippen molar-refractivity contribution in [1.82, 2.24) is 14.9 Å². The van der Waals surface area contributed by atoms with Gasteiger partial charge in [-0.25, -0.2) is 4.98 Å². The fraction of sp³-hybridized carbons (Fsp3) is 0.375. The van der Waals surface area contributed by atoms with Crippen LogP contribution in [-0.2, 0) is 21.6 Å². The Morgan fingerprint density at radius 2 is 1.94 bits per heavy atom. The van der Waals surface area contributed by atoms with E-state index in [4.69, 9.17) is 37.4 Å². The summed E-state index contributed by atoms with van der Waals surface area (Å²) in [5.74, 6) is 0.776. The maximum atomic E-state index is 6.55. The molecule has 33 heavy (non-hydrogen) atoms. The highest BCUT2D eigenvalue weighted by Crippen LogP contribution is 2.40. The molecule has 1 aromatic heterocycles. The summed E-state index contributed by atoms with van der Waals surface area (Å²) >= 11 is 12.7. The first kappa shape index (κ1) is 22.5. The third-order valence-electron chi connectivity index (χ3n) is 5.98. The van der Waals surface area contributed by atoms with Crippen molar-refractivity contribution in [3.63, 3.8) is 0 Å². The number of ether oxygens (including phenoxy) is 3. The lowest BCUT2D eigenvalue weighted by Gasteiger charge is -2.29. The van der Waals surface area contributed by atoms with Crippen LogP contribution in [0.2, 0.25) is 10.0 Å². The Kier molecular flexibility index (Phi) is 6.76. The first-order valence-electron chi connectivity index (χ1n) is 11.0. The molecule has 0 amide bonds. The number of imidazole rings is 1. The van der Waals surface area contributed by atoms with Crippen molar-refractivity contribution >= 4 is 28.9 Å². The molecule has 174 valence electrons. The first-order chi connectivity index (χ1) is 16.1. The van der Waals surface area contributed by atoms with Crippen LogP contribution in [0.4, 0.5) is 5.69 Å². The number of anilines is 1. The molecule has 0 saturated carbocycles. The number of rotatable bonds is 7. The zero-order valence-corrected chi connectivity index (χ0v) is 19.6. The molecule has 5 rings (SSSR count). The third-order valence-corrected chi connectivity index (χ3v) is 6.53. The smallest absolute Gasteiger partial charge is 0.193 e. The van der Waals surface area contributed by atoms with Gasteiger partial charge in [-0.05, 0) is 36.4 Å². The Balaban J connectivity index is 1.26. The molecule has 2 saturated heterocycles. The summed E-state index contributed by atoms with van der Waals surface area (Å²) < 4.78 is 20.4. The number of halogens is 2. The first-order valence-corrected chi connectivity index (χ1v) is 11.8. The van der Waals surface area contributed by atoms with Crippen molar-refractivity contribution in [2.24, 2.45) is 0 Å². The Bertz CT molecular complexity index is 1060. The van der Waals surface area contributed by atoms with E-state index in [0.29, 0.717) is 23.2 Å². The second-order valence-corrected chi connectivity index (χ2v) is 9.10. The zero-order chi connectivity index (χ0) is 22.7. The van der Waals surface area contributed by atoms with Crippen LogP contribution in [0.5, 0.6) is 5.75 Å². The van der Waals surface area contributed by atoms with E-state index in [-0.39, 0.29) is 6.61 Å². The van der Waals surface area contributed by atoms with Crippen molar-refractivity contribution in [2.45, 2.75) is 18.4 Å². The number of aromatic nitrogens is 2. The van der Waals surface area contributed by atoms with E-state index < -0.39 is 11.9 Å². The Morgan fingerprint density at radius 3 is 2.67 bits per heavy atom. The maximum Gasteiger partial charge on any atom is 0.193 e. The predicted octanol–water partition coefficient (Wildman–Crippen LogP) is 3.95. The lowest BCUT2D eigenvalue weighted by atomic mass is 9.94. The molecule has 2 fully saturated rings. The molecule has 0 radical (unpaired) electrons. The van der Waals surface area contributed by atoms with E-state index in [1.165, 1.54) is 5.69 Å². The van der Waals surface area contributed by atoms with E-state index in [2.05, 4.69) is 27.3 Å². The summed E-state index contributed by atoms with van der Waals surface area (Å²) in [5, 5.41) is 4.48. The number of piperazine rings is 1. The summed E-state index contributed by atoms with van der Waals surface area (Å²) in [4.78, 5) is 6.51. The van der Waals surface area contributed by atoms with Gasteiger partial charge in [-0.15, -0.1) is 0 Å². The molecule has 0 spiro atoms. The van der Waals surface area contributed by atoms with Crippen molar-refractivity contribution in [1.29, 1.82) is 0 Å². The maximum absolute atomic E-state index is 6.55. The summed E-state index contributed by atoms with van der Waals surface area (Å²) in [6, 6.07) is 13.6. The fourth-order valence-corrected chi connectivity index (χ4v) is 4.89. The topological polar surface area (TPSA) is 60.8 Å². The van der Waals surface area contributed by atoms with Crippen LogP contribution in [0.15, 0.2) is 61.2 Å². The molecule has 2 aliphatic heterocycles. The van der Waals surface area contributed by atoms with Gasteiger partial charge in [0.2, 0.25) is 0 Å². The van der Waals surface area contributed by atoms with Crippen molar-refractivity contribution in [2.75, 3.05) is 44.3 Å². The molecule has 0 aliphatic carbocycles. The van der Waals surface area contributed by atoms with Gasteiger partial charge in [0.1, 0.15) is 18.0 Å². The fourth-order valence-electron chi connectivity index (χ4n) is 4.31. The number of nitrogens with zero attached hydrogens (tertiary/aromatic N) is 3. The minimum atomic E-state index is -0.775. The molecule has 0 unspecified atom stereocenters. The predicted molar refractivity (Wildman–Crippen MR) is 128 cm³/mol. The van der Waals surface area contributed by atoms with E-state index >= 15 is 0 Å². The van der Waals surface area contributed by atoms with Crippen LogP contribution in [0, 0.1) is 0 Å². The molecule has 7 nitrogen and oxygen atoms in total. The SMILES string of the molecule is Clc1ccc([C@@]2(Cn3ccnc3)CO[C@H](COc3ccc(N4CCNCC4)cc3)O2)c(Cl)c1. The van der Waals surface area contributed by atoms with Gasteiger partial charge in [0.15, 0.2) is 6.29 Å². The second-order valence-electron chi connectivity index (χ2n) is 8.25. The van der Waals surface area contributed by atoms with E-state index in [1.807, 2.05) is 35.0 Å². The minimum Gasteiger partial charge on any atom is -0.488 e. The van der Waals surface area contributed by atoms with Gasteiger partial charge in [0.25, 0.3) is 0 Å². The highest BCUT2D eigenvalue weighted by atomic mass is 35.5. The van der Waals surface area contributed by atoms with Crippen molar-refractivity contribution < 1.29 is 14.2 Å². The van der Waals surface area contributed by atoms with Gasteiger partial charge in [-0.1, -0.05) is 29.3 Å². The lowest BCUT2D eigenvalue weighted by Crippen LogP contribution is -2.43. The van der Waals surface area contributed by atoms with Gasteiger partial charge in [-0.2, -0.15) is 0 Å². The van der Waals surface area contributed by atoms with Gasteiger partial charge < -0.3 is 29.0 Å². The zero-order valence-electron chi connectivity index (χ0n) is 18.1. The molecule has 2 aromatic carbocycles. The molecule has 2 aliphatic rings. The van der Waals surface area contributed by atoms with Crippen LogP contribution in [0.1, 0.15) is 5.56 Å².